The second-order valence-corrected chi connectivity index (χ2v) is 7.84. The van der Waals surface area contributed by atoms with E-state index in [0.717, 1.165) is 37.7 Å². The summed E-state index contributed by atoms with van der Waals surface area (Å²) in [5.74, 6) is -1.20. The second kappa shape index (κ2) is 10.2. The maximum Gasteiger partial charge on any atom is 0.311 e. The molecular weight excluding hydrogens is 356 g/mol. The highest BCUT2D eigenvalue weighted by atomic mass is 16.5. The van der Waals surface area contributed by atoms with Gasteiger partial charge in [0.1, 0.15) is 0 Å². The first-order valence-corrected chi connectivity index (χ1v) is 10.4. The van der Waals surface area contributed by atoms with E-state index in [1.54, 1.807) is 4.90 Å². The number of esters is 1. The first-order chi connectivity index (χ1) is 13.6. The lowest BCUT2D eigenvalue weighted by Gasteiger charge is -2.17. The molecule has 1 saturated heterocycles. The number of benzene rings is 1. The predicted octanol–water partition coefficient (Wildman–Crippen LogP) is 2.46. The summed E-state index contributed by atoms with van der Waals surface area (Å²) in [6.45, 7) is 0.702. The fourth-order valence-electron chi connectivity index (χ4n) is 4.00. The first kappa shape index (κ1) is 20.4. The minimum atomic E-state index is -0.478. The monoisotopic (exact) mass is 386 g/mol. The molecule has 1 aromatic rings. The third kappa shape index (κ3) is 6.08. The van der Waals surface area contributed by atoms with E-state index in [-0.39, 0.29) is 30.9 Å². The van der Waals surface area contributed by atoms with Crippen molar-refractivity contribution in [1.82, 2.24) is 10.2 Å². The number of nitrogens with zero attached hydrogens (tertiary/aromatic N) is 1. The van der Waals surface area contributed by atoms with Gasteiger partial charge >= 0.3 is 5.97 Å². The smallest absolute Gasteiger partial charge is 0.311 e. The quantitative estimate of drug-likeness (QED) is 0.577. The van der Waals surface area contributed by atoms with Crippen LogP contribution in [0, 0.1) is 5.92 Å². The summed E-state index contributed by atoms with van der Waals surface area (Å²) < 4.78 is 5.19. The van der Waals surface area contributed by atoms with Gasteiger partial charge in [0.25, 0.3) is 5.91 Å². The van der Waals surface area contributed by atoms with Crippen molar-refractivity contribution in [2.24, 2.45) is 5.92 Å². The molecule has 0 aromatic heterocycles. The molecular formula is C22H30N2O4. The third-order valence-corrected chi connectivity index (χ3v) is 5.63. The molecule has 1 aliphatic heterocycles. The number of ether oxygens (including phenoxy) is 1. The minimum Gasteiger partial charge on any atom is -0.455 e. The summed E-state index contributed by atoms with van der Waals surface area (Å²) in [7, 11) is 0. The lowest BCUT2D eigenvalue weighted by molar-refractivity contribution is -0.152. The lowest BCUT2D eigenvalue weighted by Crippen LogP contribution is -2.38. The van der Waals surface area contributed by atoms with Crippen LogP contribution in [0.2, 0.25) is 0 Å². The van der Waals surface area contributed by atoms with E-state index in [0.29, 0.717) is 13.1 Å². The van der Waals surface area contributed by atoms with Crippen molar-refractivity contribution in [3.8, 4) is 0 Å². The first-order valence-electron chi connectivity index (χ1n) is 10.4. The van der Waals surface area contributed by atoms with Crippen molar-refractivity contribution >= 4 is 17.8 Å². The average molecular weight is 386 g/mol. The highest BCUT2D eigenvalue weighted by Crippen LogP contribution is 2.20. The minimum absolute atomic E-state index is 0.0270. The molecule has 152 valence electrons. The van der Waals surface area contributed by atoms with Crippen LogP contribution in [0.3, 0.4) is 0 Å². The number of hydrogen-bond donors (Lipinski definition) is 1. The number of carbonyl (C=O) groups is 3. The molecule has 1 heterocycles. The Kier molecular flexibility index (Phi) is 7.46. The molecule has 2 amide bonds. The number of rotatable bonds is 7. The van der Waals surface area contributed by atoms with Crippen LogP contribution in [0.25, 0.3) is 0 Å². The van der Waals surface area contributed by atoms with Crippen LogP contribution in [0.1, 0.15) is 50.5 Å². The topological polar surface area (TPSA) is 75.7 Å². The molecule has 1 aliphatic carbocycles. The van der Waals surface area contributed by atoms with E-state index in [1.807, 2.05) is 30.3 Å². The molecule has 1 atom stereocenters. The van der Waals surface area contributed by atoms with Crippen molar-refractivity contribution < 1.29 is 19.1 Å². The van der Waals surface area contributed by atoms with E-state index < -0.39 is 11.9 Å². The van der Waals surface area contributed by atoms with Gasteiger partial charge in [-0.15, -0.1) is 0 Å². The van der Waals surface area contributed by atoms with Crippen molar-refractivity contribution in [3.05, 3.63) is 35.9 Å². The van der Waals surface area contributed by atoms with Gasteiger partial charge in [0, 0.05) is 25.6 Å². The molecule has 1 aromatic carbocycles. The van der Waals surface area contributed by atoms with E-state index in [1.165, 1.54) is 12.8 Å². The van der Waals surface area contributed by atoms with Crippen LogP contribution >= 0.6 is 0 Å². The van der Waals surface area contributed by atoms with E-state index in [9.17, 15) is 14.4 Å². The summed E-state index contributed by atoms with van der Waals surface area (Å²) in [6, 6.07) is 10.2. The van der Waals surface area contributed by atoms with Gasteiger partial charge in [-0.1, -0.05) is 56.0 Å². The van der Waals surface area contributed by atoms with Crippen molar-refractivity contribution in [2.45, 2.75) is 57.4 Å². The standard InChI is InChI=1S/C22H30N2O4/c25-20(23-19-10-6-1-2-7-11-19)16-28-22(27)18-14-21(26)24(15-18)13-12-17-8-4-3-5-9-17/h3-5,8-9,18-19H,1-2,6-7,10-16H2,(H,23,25)/t18-/m1/s1. The molecule has 6 heteroatoms. The van der Waals surface area contributed by atoms with Crippen LogP contribution in [0.15, 0.2) is 30.3 Å². The molecule has 3 rings (SSSR count). The summed E-state index contributed by atoms with van der Waals surface area (Å²) >= 11 is 0. The van der Waals surface area contributed by atoms with Gasteiger partial charge < -0.3 is 15.0 Å². The Hall–Kier alpha value is -2.37. The molecule has 2 fully saturated rings. The second-order valence-electron chi connectivity index (χ2n) is 7.84. The Labute approximate surface area is 166 Å². The van der Waals surface area contributed by atoms with E-state index in [4.69, 9.17) is 4.74 Å². The summed E-state index contributed by atoms with van der Waals surface area (Å²) in [6.07, 6.45) is 7.62. The molecule has 0 bridgehead atoms. The molecule has 1 N–H and O–H groups in total. The van der Waals surface area contributed by atoms with Gasteiger partial charge in [-0.05, 0) is 24.8 Å². The zero-order chi connectivity index (χ0) is 19.8. The highest BCUT2D eigenvalue weighted by molar-refractivity contribution is 5.88. The molecule has 1 saturated carbocycles. The van der Waals surface area contributed by atoms with Crippen LogP contribution < -0.4 is 5.32 Å². The van der Waals surface area contributed by atoms with Gasteiger partial charge in [-0.3, -0.25) is 14.4 Å². The third-order valence-electron chi connectivity index (χ3n) is 5.63. The number of nitrogens with one attached hydrogen (secondary N) is 1. The Morgan fingerprint density at radius 2 is 1.79 bits per heavy atom. The van der Waals surface area contributed by atoms with Crippen LogP contribution in [-0.4, -0.2) is 48.4 Å². The van der Waals surface area contributed by atoms with Gasteiger partial charge in [0.05, 0.1) is 5.92 Å². The molecule has 28 heavy (non-hydrogen) atoms. The summed E-state index contributed by atoms with van der Waals surface area (Å²) in [5, 5.41) is 2.97. The number of carbonyl (C=O) groups excluding carboxylic acids is 3. The number of amides is 2. The maximum absolute atomic E-state index is 12.3. The largest absolute Gasteiger partial charge is 0.455 e. The molecule has 0 unspecified atom stereocenters. The average Bonchev–Trinajstić information content (AvgIpc) is 2.89. The number of likely N-dealkylation sites (tertiary alicyclic amines) is 1. The fraction of sp³-hybridized carbons (Fsp3) is 0.591. The highest BCUT2D eigenvalue weighted by Gasteiger charge is 2.35. The molecule has 0 spiro atoms. The van der Waals surface area contributed by atoms with Crippen LogP contribution in [0.5, 0.6) is 0 Å². The predicted molar refractivity (Wildman–Crippen MR) is 105 cm³/mol. The SMILES string of the molecule is O=C(COC(=O)[C@@H]1CC(=O)N(CCc2ccccc2)C1)NC1CCCCCC1. The zero-order valence-corrected chi connectivity index (χ0v) is 16.4. The van der Waals surface area contributed by atoms with E-state index in [2.05, 4.69) is 5.32 Å². The van der Waals surface area contributed by atoms with E-state index >= 15 is 0 Å². The van der Waals surface area contributed by atoms with Crippen molar-refractivity contribution in [3.63, 3.8) is 0 Å². The molecule has 6 nitrogen and oxygen atoms in total. The van der Waals surface area contributed by atoms with Gasteiger partial charge in [0.2, 0.25) is 5.91 Å². The van der Waals surface area contributed by atoms with Crippen molar-refractivity contribution in [2.75, 3.05) is 19.7 Å². The van der Waals surface area contributed by atoms with Gasteiger partial charge in [-0.25, -0.2) is 0 Å². The Morgan fingerprint density at radius 3 is 2.50 bits per heavy atom. The van der Waals surface area contributed by atoms with Crippen LogP contribution in [-0.2, 0) is 25.5 Å². The van der Waals surface area contributed by atoms with Crippen molar-refractivity contribution in [1.29, 1.82) is 0 Å². The lowest BCUT2D eigenvalue weighted by atomic mass is 10.1. The van der Waals surface area contributed by atoms with Gasteiger partial charge in [-0.2, -0.15) is 0 Å². The van der Waals surface area contributed by atoms with Gasteiger partial charge in [0.15, 0.2) is 6.61 Å². The number of hydrogen-bond acceptors (Lipinski definition) is 4. The zero-order valence-electron chi connectivity index (χ0n) is 16.4. The molecule has 0 radical (unpaired) electrons. The maximum atomic E-state index is 12.3. The fourth-order valence-corrected chi connectivity index (χ4v) is 4.00. The molecule has 2 aliphatic rings. The Bertz CT molecular complexity index is 668. The normalized spacial score (nSPS) is 20.6. The summed E-state index contributed by atoms with van der Waals surface area (Å²) in [4.78, 5) is 38.2. The Morgan fingerprint density at radius 1 is 1.07 bits per heavy atom. The Balaban J connectivity index is 1.38. The van der Waals surface area contributed by atoms with Crippen LogP contribution in [0.4, 0.5) is 0 Å². The summed E-state index contributed by atoms with van der Waals surface area (Å²) in [5.41, 5.74) is 1.16.